The summed E-state index contributed by atoms with van der Waals surface area (Å²) >= 11 is 7.18. The van der Waals surface area contributed by atoms with E-state index >= 15 is 0 Å². The van der Waals surface area contributed by atoms with Gasteiger partial charge in [0, 0.05) is 0 Å². The first-order valence-electron chi connectivity index (χ1n) is 6.39. The molecule has 0 aliphatic rings. The third-order valence-electron chi connectivity index (χ3n) is 2.84. The minimum absolute atomic E-state index is 0.0603. The molecule has 0 fully saturated rings. The number of carbonyl (C=O) groups excluding carboxylic acids is 1. The summed E-state index contributed by atoms with van der Waals surface area (Å²) in [4.78, 5) is 24.4. The number of benzene rings is 1. The van der Waals surface area contributed by atoms with E-state index < -0.39 is 17.5 Å². The van der Waals surface area contributed by atoms with E-state index in [1.807, 2.05) is 5.38 Å². The van der Waals surface area contributed by atoms with Gasteiger partial charge in [0.2, 0.25) is 5.91 Å². The first-order valence-corrected chi connectivity index (χ1v) is 7.65. The highest BCUT2D eigenvalue weighted by Crippen LogP contribution is 2.23. The van der Waals surface area contributed by atoms with Crippen LogP contribution in [0, 0.1) is 5.82 Å². The van der Waals surface area contributed by atoms with Crippen LogP contribution in [-0.2, 0) is 11.3 Å². The molecule has 1 N–H and O–H groups in total. The Balaban J connectivity index is 1.74. The van der Waals surface area contributed by atoms with Gasteiger partial charge in [-0.3, -0.25) is 4.79 Å². The van der Waals surface area contributed by atoms with Gasteiger partial charge in [0.1, 0.15) is 12.4 Å². The maximum Gasteiger partial charge on any atom is 0.437 e. The van der Waals surface area contributed by atoms with Crippen LogP contribution >= 0.6 is 22.9 Å². The molecule has 0 aliphatic carbocycles. The van der Waals surface area contributed by atoms with Crippen molar-refractivity contribution < 1.29 is 13.6 Å². The van der Waals surface area contributed by atoms with Crippen molar-refractivity contribution in [3.63, 3.8) is 0 Å². The molecule has 6 nitrogen and oxygen atoms in total. The Morgan fingerprint density at radius 2 is 2.26 bits per heavy atom. The van der Waals surface area contributed by atoms with Crippen molar-refractivity contribution in [1.82, 2.24) is 9.78 Å². The third-order valence-corrected chi connectivity index (χ3v) is 4.01. The van der Waals surface area contributed by atoms with Crippen LogP contribution in [0.4, 0.5) is 10.1 Å². The summed E-state index contributed by atoms with van der Waals surface area (Å²) in [6.45, 7) is -0.346. The fourth-order valence-corrected chi connectivity index (χ4v) is 2.68. The summed E-state index contributed by atoms with van der Waals surface area (Å²) in [7, 11) is 0. The van der Waals surface area contributed by atoms with Gasteiger partial charge in [-0.25, -0.2) is 9.18 Å². The molecule has 1 amide bonds. The van der Waals surface area contributed by atoms with Crippen LogP contribution in [0.3, 0.4) is 0 Å². The summed E-state index contributed by atoms with van der Waals surface area (Å²) in [5.74, 6) is -1.64. The Labute approximate surface area is 138 Å². The fourth-order valence-electron chi connectivity index (χ4n) is 1.82. The van der Waals surface area contributed by atoms with Gasteiger partial charge in [0.15, 0.2) is 0 Å². The molecule has 3 aromatic rings. The number of rotatable bonds is 4. The quantitative estimate of drug-likeness (QED) is 0.782. The van der Waals surface area contributed by atoms with Crippen molar-refractivity contribution in [2.45, 2.75) is 6.54 Å². The second kappa shape index (κ2) is 6.35. The number of hydrogen-bond acceptors (Lipinski definition) is 5. The van der Waals surface area contributed by atoms with E-state index in [2.05, 4.69) is 10.4 Å². The molecule has 23 heavy (non-hydrogen) atoms. The molecule has 0 saturated heterocycles. The van der Waals surface area contributed by atoms with E-state index in [1.165, 1.54) is 23.5 Å². The summed E-state index contributed by atoms with van der Waals surface area (Å²) in [5, 5.41) is 8.32. The summed E-state index contributed by atoms with van der Waals surface area (Å²) < 4.78 is 18.9. The van der Waals surface area contributed by atoms with Crippen molar-refractivity contribution in [2.75, 3.05) is 5.32 Å². The molecule has 9 heteroatoms. The number of nitrogens with zero attached hydrogens (tertiary/aromatic N) is 2. The Morgan fingerprint density at radius 3 is 2.96 bits per heavy atom. The van der Waals surface area contributed by atoms with Gasteiger partial charge >= 0.3 is 5.76 Å². The van der Waals surface area contributed by atoms with E-state index in [4.69, 9.17) is 16.0 Å². The number of amides is 1. The number of anilines is 1. The summed E-state index contributed by atoms with van der Waals surface area (Å²) in [5.41, 5.74) is 0.244. The fraction of sp³-hybridized carbons (Fsp3) is 0.0714. The van der Waals surface area contributed by atoms with E-state index in [-0.39, 0.29) is 23.1 Å². The van der Waals surface area contributed by atoms with Crippen LogP contribution in [0.2, 0.25) is 5.02 Å². The molecule has 118 valence electrons. The smallest absolute Gasteiger partial charge is 0.387 e. The minimum atomic E-state index is -0.742. The zero-order valence-corrected chi connectivity index (χ0v) is 13.0. The van der Waals surface area contributed by atoms with Crippen molar-refractivity contribution in [3.05, 3.63) is 57.1 Å². The van der Waals surface area contributed by atoms with Crippen LogP contribution in [0.5, 0.6) is 0 Å². The van der Waals surface area contributed by atoms with Gasteiger partial charge in [0.25, 0.3) is 5.89 Å². The average Bonchev–Trinajstić information content (AvgIpc) is 3.13. The first-order chi connectivity index (χ1) is 11.0. The highest BCUT2D eigenvalue weighted by molar-refractivity contribution is 7.13. The van der Waals surface area contributed by atoms with Crippen LogP contribution in [0.25, 0.3) is 10.8 Å². The number of carbonyl (C=O) groups is 1. The second-order valence-electron chi connectivity index (χ2n) is 4.48. The second-order valence-corrected chi connectivity index (χ2v) is 5.84. The number of thiophene rings is 1. The van der Waals surface area contributed by atoms with Gasteiger partial charge in [-0.15, -0.1) is 16.4 Å². The molecule has 0 saturated carbocycles. The molecule has 0 unspecified atom stereocenters. The van der Waals surface area contributed by atoms with Gasteiger partial charge in [-0.05, 0) is 29.6 Å². The van der Waals surface area contributed by atoms with E-state index in [9.17, 15) is 14.0 Å². The Kier molecular flexibility index (Phi) is 4.26. The number of hydrogen-bond donors (Lipinski definition) is 1. The highest BCUT2D eigenvalue weighted by Gasteiger charge is 2.14. The molecule has 0 bridgehead atoms. The lowest BCUT2D eigenvalue weighted by Crippen LogP contribution is -2.26. The van der Waals surface area contributed by atoms with E-state index in [0.717, 1.165) is 10.7 Å². The molecule has 2 aromatic heterocycles. The topological polar surface area (TPSA) is 77.1 Å². The van der Waals surface area contributed by atoms with Crippen LogP contribution < -0.4 is 11.1 Å². The molecule has 3 rings (SSSR count). The number of aromatic nitrogens is 2. The highest BCUT2D eigenvalue weighted by atomic mass is 35.5. The van der Waals surface area contributed by atoms with Crippen LogP contribution in [0.15, 0.2) is 44.9 Å². The van der Waals surface area contributed by atoms with Crippen molar-refractivity contribution in [3.8, 4) is 10.8 Å². The molecular weight excluding hydrogens is 345 g/mol. The predicted octanol–water partition coefficient (Wildman–Crippen LogP) is 3.00. The van der Waals surface area contributed by atoms with Crippen molar-refractivity contribution >= 4 is 34.5 Å². The van der Waals surface area contributed by atoms with Crippen molar-refractivity contribution in [1.29, 1.82) is 0 Å². The minimum Gasteiger partial charge on any atom is -0.387 e. The lowest BCUT2D eigenvalue weighted by molar-refractivity contribution is -0.117. The largest absolute Gasteiger partial charge is 0.437 e. The van der Waals surface area contributed by atoms with Crippen LogP contribution in [0.1, 0.15) is 0 Å². The third kappa shape index (κ3) is 3.49. The molecule has 1 aromatic carbocycles. The molecular formula is C14H9ClFN3O3S. The predicted molar refractivity (Wildman–Crippen MR) is 84.1 cm³/mol. The molecule has 2 heterocycles. The molecule has 0 aliphatic heterocycles. The number of halogens is 2. The zero-order valence-electron chi connectivity index (χ0n) is 11.5. The normalized spacial score (nSPS) is 10.7. The molecule has 0 atom stereocenters. The van der Waals surface area contributed by atoms with Gasteiger partial charge in [-0.1, -0.05) is 17.7 Å². The average molecular weight is 354 g/mol. The van der Waals surface area contributed by atoms with Crippen molar-refractivity contribution in [2.24, 2.45) is 0 Å². The van der Waals surface area contributed by atoms with Gasteiger partial charge in [0.05, 0.1) is 15.6 Å². The SMILES string of the molecule is O=C(Cn1nc(-c2cccs2)oc1=O)Nc1ccc(F)cc1Cl. The standard InChI is InChI=1S/C14H9ClFN3O3S/c15-9-6-8(16)3-4-10(9)17-12(20)7-19-14(21)22-13(18-19)11-2-1-5-23-11/h1-6H,7H2,(H,17,20). The van der Waals surface area contributed by atoms with E-state index in [1.54, 1.807) is 12.1 Å². The van der Waals surface area contributed by atoms with Gasteiger partial charge in [-0.2, -0.15) is 4.68 Å². The monoisotopic (exact) mass is 353 g/mol. The summed E-state index contributed by atoms with van der Waals surface area (Å²) in [6.07, 6.45) is 0. The maximum atomic E-state index is 13.0. The Hall–Kier alpha value is -2.45. The lowest BCUT2D eigenvalue weighted by atomic mass is 10.3. The molecule has 0 radical (unpaired) electrons. The van der Waals surface area contributed by atoms with Crippen LogP contribution in [-0.4, -0.2) is 15.7 Å². The zero-order chi connectivity index (χ0) is 16.4. The summed E-state index contributed by atoms with van der Waals surface area (Å²) in [6, 6.07) is 7.12. The maximum absolute atomic E-state index is 13.0. The van der Waals surface area contributed by atoms with Gasteiger partial charge < -0.3 is 9.73 Å². The lowest BCUT2D eigenvalue weighted by Gasteiger charge is -2.06. The first kappa shape index (κ1) is 15.4. The number of nitrogens with one attached hydrogen (secondary N) is 1. The molecule has 0 spiro atoms. The Morgan fingerprint density at radius 1 is 1.43 bits per heavy atom. The van der Waals surface area contributed by atoms with E-state index in [0.29, 0.717) is 4.88 Å². The Bertz CT molecular complexity index is 904.